The van der Waals surface area contributed by atoms with Gasteiger partial charge in [0.1, 0.15) is 12.2 Å². The summed E-state index contributed by atoms with van der Waals surface area (Å²) >= 11 is 0. The van der Waals surface area contributed by atoms with Crippen LogP contribution in [0.5, 0.6) is 0 Å². The molecule has 0 aromatic carbocycles. The van der Waals surface area contributed by atoms with Crippen LogP contribution in [0, 0.1) is 0 Å². The van der Waals surface area contributed by atoms with Crippen molar-refractivity contribution in [3.63, 3.8) is 0 Å². The predicted octanol–water partition coefficient (Wildman–Crippen LogP) is -1.76. The molecule has 1 amide bonds. The monoisotopic (exact) mass is 129 g/mol. The number of aliphatic hydroxyl groups is 1. The molecular formula is C5H7NO3. The molecule has 0 saturated carbocycles. The third-order valence-electron chi connectivity index (χ3n) is 1.65. The Morgan fingerprint density at radius 2 is 2.56 bits per heavy atom. The number of carbonyl (C=O) groups excluding carboxylic acids is 1. The average Bonchev–Trinajstić information content (AvgIpc) is 2.57. The van der Waals surface area contributed by atoms with E-state index in [0.717, 1.165) is 0 Å². The summed E-state index contributed by atoms with van der Waals surface area (Å²) in [6.45, 7) is 0.333. The summed E-state index contributed by atoms with van der Waals surface area (Å²) in [6.07, 6.45) is -1.06. The van der Waals surface area contributed by atoms with Gasteiger partial charge in [-0.3, -0.25) is 4.79 Å². The number of ether oxygens (including phenoxy) is 1. The molecule has 2 saturated heterocycles. The molecule has 0 aromatic rings. The van der Waals surface area contributed by atoms with Gasteiger partial charge in [-0.1, -0.05) is 0 Å². The highest BCUT2D eigenvalue weighted by molar-refractivity contribution is 5.84. The molecule has 2 aliphatic heterocycles. The molecular weight excluding hydrogens is 122 g/mol. The Balaban J connectivity index is 2.08. The molecule has 3 atom stereocenters. The van der Waals surface area contributed by atoms with Gasteiger partial charge in [0.25, 0.3) is 5.91 Å². The lowest BCUT2D eigenvalue weighted by Gasteiger charge is -2.12. The van der Waals surface area contributed by atoms with Crippen molar-refractivity contribution < 1.29 is 14.6 Å². The van der Waals surface area contributed by atoms with E-state index in [-0.39, 0.29) is 18.1 Å². The summed E-state index contributed by atoms with van der Waals surface area (Å²) in [7, 11) is 0. The molecule has 0 aromatic heterocycles. The minimum atomic E-state index is -0.493. The van der Waals surface area contributed by atoms with E-state index in [0.29, 0.717) is 6.54 Å². The maximum Gasteiger partial charge on any atom is 0.252 e. The van der Waals surface area contributed by atoms with Crippen LogP contribution < -0.4 is 5.32 Å². The summed E-state index contributed by atoms with van der Waals surface area (Å²) in [4.78, 5) is 10.6. The van der Waals surface area contributed by atoms with Crippen LogP contribution in [0.4, 0.5) is 0 Å². The van der Waals surface area contributed by atoms with E-state index in [1.54, 1.807) is 0 Å². The number of carbonyl (C=O) groups is 1. The largest absolute Gasteiger partial charge is 0.388 e. The molecule has 0 bridgehead atoms. The lowest BCUT2D eigenvalue weighted by atomic mass is 10.1. The molecule has 4 nitrogen and oxygen atoms in total. The molecule has 2 heterocycles. The Hall–Kier alpha value is -0.610. The van der Waals surface area contributed by atoms with Crippen molar-refractivity contribution in [1.29, 1.82) is 0 Å². The predicted molar refractivity (Wildman–Crippen MR) is 27.7 cm³/mol. The quantitative estimate of drug-likeness (QED) is 0.381. The molecule has 50 valence electrons. The van der Waals surface area contributed by atoms with Crippen LogP contribution in [-0.2, 0) is 9.53 Å². The molecule has 2 fully saturated rings. The van der Waals surface area contributed by atoms with E-state index < -0.39 is 6.10 Å². The van der Waals surface area contributed by atoms with Gasteiger partial charge in [-0.15, -0.1) is 0 Å². The Morgan fingerprint density at radius 3 is 3.22 bits per heavy atom. The summed E-state index contributed by atoms with van der Waals surface area (Å²) < 4.78 is 4.84. The van der Waals surface area contributed by atoms with Crippen molar-refractivity contribution in [2.45, 2.75) is 18.3 Å². The zero-order chi connectivity index (χ0) is 6.43. The highest BCUT2D eigenvalue weighted by atomic mass is 16.6. The minimum absolute atomic E-state index is 0.0923. The summed E-state index contributed by atoms with van der Waals surface area (Å²) in [5.74, 6) is -0.0923. The molecule has 9 heavy (non-hydrogen) atoms. The SMILES string of the molecule is O=C1NC[C@@H](O)[C@@H]2O[C@H]12. The maximum absolute atomic E-state index is 10.6. The number of fused-ring (bicyclic) bond motifs is 1. The van der Waals surface area contributed by atoms with Crippen LogP contribution in [0.3, 0.4) is 0 Å². The molecule has 0 aliphatic carbocycles. The smallest absolute Gasteiger partial charge is 0.252 e. The first-order valence-corrected chi connectivity index (χ1v) is 2.90. The summed E-state index contributed by atoms with van der Waals surface area (Å²) in [6, 6.07) is 0. The number of piperidine rings is 1. The summed E-state index contributed by atoms with van der Waals surface area (Å²) in [5, 5.41) is 11.5. The second-order valence-electron chi connectivity index (χ2n) is 2.33. The van der Waals surface area contributed by atoms with Gasteiger partial charge in [0.15, 0.2) is 6.10 Å². The van der Waals surface area contributed by atoms with Crippen LogP contribution in [0.1, 0.15) is 0 Å². The first-order valence-electron chi connectivity index (χ1n) is 2.90. The first kappa shape index (κ1) is 5.20. The van der Waals surface area contributed by atoms with Crippen molar-refractivity contribution in [2.75, 3.05) is 6.54 Å². The molecule has 0 radical (unpaired) electrons. The number of amides is 1. The van der Waals surface area contributed by atoms with Gasteiger partial charge in [0.05, 0.1) is 0 Å². The fourth-order valence-electron chi connectivity index (χ4n) is 1.05. The zero-order valence-electron chi connectivity index (χ0n) is 4.70. The second kappa shape index (κ2) is 1.46. The normalized spacial score (nSPS) is 47.7. The number of hydrogen-bond donors (Lipinski definition) is 2. The van der Waals surface area contributed by atoms with Crippen LogP contribution in [0.2, 0.25) is 0 Å². The molecule has 2 rings (SSSR count). The molecule has 0 spiro atoms. The van der Waals surface area contributed by atoms with Gasteiger partial charge in [-0.2, -0.15) is 0 Å². The number of hydrogen-bond acceptors (Lipinski definition) is 3. The van der Waals surface area contributed by atoms with E-state index >= 15 is 0 Å². The van der Waals surface area contributed by atoms with Crippen molar-refractivity contribution in [2.24, 2.45) is 0 Å². The van der Waals surface area contributed by atoms with Crippen LogP contribution in [0.15, 0.2) is 0 Å². The fraction of sp³-hybridized carbons (Fsp3) is 0.800. The van der Waals surface area contributed by atoms with E-state index in [4.69, 9.17) is 9.84 Å². The lowest BCUT2D eigenvalue weighted by Crippen LogP contribution is -2.44. The standard InChI is InChI=1S/C5H7NO3/c7-2-1-6-5(8)4-3(2)9-4/h2-4,7H,1H2,(H,6,8)/t2-,3+,4+/m1/s1. The van der Waals surface area contributed by atoms with E-state index in [1.165, 1.54) is 0 Å². The van der Waals surface area contributed by atoms with Crippen molar-refractivity contribution >= 4 is 5.91 Å². The fourth-order valence-corrected chi connectivity index (χ4v) is 1.05. The van der Waals surface area contributed by atoms with E-state index in [1.807, 2.05) is 0 Å². The average molecular weight is 129 g/mol. The zero-order valence-corrected chi connectivity index (χ0v) is 4.70. The topological polar surface area (TPSA) is 61.9 Å². The Kier molecular flexibility index (Phi) is 0.841. The highest BCUT2D eigenvalue weighted by Gasteiger charge is 2.52. The first-order chi connectivity index (χ1) is 4.29. The number of rotatable bonds is 0. The van der Waals surface area contributed by atoms with E-state index in [9.17, 15) is 4.79 Å². The maximum atomic E-state index is 10.6. The Labute approximate surface area is 51.8 Å². The third kappa shape index (κ3) is 0.635. The molecule has 4 heteroatoms. The molecule has 2 N–H and O–H groups in total. The van der Waals surface area contributed by atoms with Crippen molar-refractivity contribution in [3.8, 4) is 0 Å². The van der Waals surface area contributed by atoms with Crippen molar-refractivity contribution in [3.05, 3.63) is 0 Å². The lowest BCUT2D eigenvalue weighted by molar-refractivity contribution is -0.123. The number of aliphatic hydroxyl groups excluding tert-OH is 1. The second-order valence-corrected chi connectivity index (χ2v) is 2.33. The molecule has 2 aliphatic rings. The number of nitrogens with one attached hydrogen (secondary N) is 1. The van der Waals surface area contributed by atoms with Gasteiger partial charge >= 0.3 is 0 Å². The highest BCUT2D eigenvalue weighted by Crippen LogP contribution is 2.27. The minimum Gasteiger partial charge on any atom is -0.388 e. The van der Waals surface area contributed by atoms with Gasteiger partial charge in [-0.05, 0) is 0 Å². The van der Waals surface area contributed by atoms with Gasteiger partial charge in [0.2, 0.25) is 0 Å². The number of epoxide rings is 1. The van der Waals surface area contributed by atoms with Crippen molar-refractivity contribution in [1.82, 2.24) is 5.32 Å². The van der Waals surface area contributed by atoms with Gasteiger partial charge < -0.3 is 15.2 Å². The van der Waals surface area contributed by atoms with Crippen LogP contribution >= 0.6 is 0 Å². The van der Waals surface area contributed by atoms with Crippen LogP contribution in [-0.4, -0.2) is 35.9 Å². The van der Waals surface area contributed by atoms with Crippen LogP contribution in [0.25, 0.3) is 0 Å². The number of β-amino-alcohol motifs (C(OH)–C–C–N with tert-alkyl or cyclic N) is 1. The Bertz CT molecular complexity index is 158. The van der Waals surface area contributed by atoms with Gasteiger partial charge in [0, 0.05) is 6.54 Å². The third-order valence-corrected chi connectivity index (χ3v) is 1.65. The van der Waals surface area contributed by atoms with E-state index in [2.05, 4.69) is 5.32 Å². The molecule has 0 unspecified atom stereocenters. The summed E-state index contributed by atoms with van der Waals surface area (Å²) in [5.41, 5.74) is 0. The Morgan fingerprint density at radius 1 is 1.78 bits per heavy atom. The van der Waals surface area contributed by atoms with Gasteiger partial charge in [-0.25, -0.2) is 0 Å².